The summed E-state index contributed by atoms with van der Waals surface area (Å²) in [4.78, 5) is 15.0. The Morgan fingerprint density at radius 2 is 2.04 bits per heavy atom. The van der Waals surface area contributed by atoms with E-state index < -0.39 is 0 Å². The van der Waals surface area contributed by atoms with E-state index in [1.807, 2.05) is 26.5 Å². The van der Waals surface area contributed by atoms with Gasteiger partial charge in [0, 0.05) is 45.0 Å². The highest BCUT2D eigenvalue weighted by Gasteiger charge is 2.08. The predicted molar refractivity (Wildman–Crippen MR) is 106 cm³/mol. The zero-order chi connectivity index (χ0) is 18.4. The third-order valence-corrected chi connectivity index (χ3v) is 4.86. The number of hydrogen-bond acceptors (Lipinski definition) is 4. The van der Waals surface area contributed by atoms with Gasteiger partial charge in [-0.2, -0.15) is 0 Å². The number of hydrogen-bond donors (Lipinski definition) is 1. The van der Waals surface area contributed by atoms with Crippen LogP contribution in [0.1, 0.15) is 21.8 Å². The molecule has 0 aliphatic carbocycles. The highest BCUT2D eigenvalue weighted by molar-refractivity contribution is 7.09. The summed E-state index contributed by atoms with van der Waals surface area (Å²) in [5.41, 5.74) is 3.55. The molecule has 3 aromatic rings. The highest BCUT2D eigenvalue weighted by Crippen LogP contribution is 2.10. The van der Waals surface area contributed by atoms with Crippen molar-refractivity contribution < 1.29 is 0 Å². The molecule has 0 amide bonds. The van der Waals surface area contributed by atoms with Crippen molar-refractivity contribution in [3.05, 3.63) is 70.2 Å². The molecule has 2 heterocycles. The number of aromatic nitrogens is 3. The summed E-state index contributed by atoms with van der Waals surface area (Å²) in [5.74, 6) is 0.859. The van der Waals surface area contributed by atoms with Crippen LogP contribution in [0.2, 0.25) is 0 Å². The third-order valence-electron chi connectivity index (χ3n) is 4.04. The van der Waals surface area contributed by atoms with E-state index in [0.29, 0.717) is 0 Å². The van der Waals surface area contributed by atoms with Crippen molar-refractivity contribution in [2.75, 3.05) is 14.1 Å². The van der Waals surface area contributed by atoms with Gasteiger partial charge in [-0.15, -0.1) is 11.3 Å². The Bertz CT molecular complexity index is 835. The molecule has 0 aliphatic heterocycles. The van der Waals surface area contributed by atoms with Crippen LogP contribution in [-0.2, 0) is 19.6 Å². The summed E-state index contributed by atoms with van der Waals surface area (Å²) in [6, 6.07) is 8.61. The topological polar surface area (TPSA) is 58.3 Å². The molecule has 26 heavy (non-hydrogen) atoms. The Morgan fingerprint density at radius 3 is 2.65 bits per heavy atom. The molecule has 0 bridgehead atoms. The quantitative estimate of drug-likeness (QED) is 0.537. The number of benzene rings is 1. The van der Waals surface area contributed by atoms with Crippen molar-refractivity contribution in [1.82, 2.24) is 24.8 Å². The van der Waals surface area contributed by atoms with Crippen LogP contribution in [0.25, 0.3) is 0 Å². The fourth-order valence-corrected chi connectivity index (χ4v) is 3.32. The Labute approximate surface area is 158 Å². The van der Waals surface area contributed by atoms with Crippen LogP contribution in [0.3, 0.4) is 0 Å². The molecule has 0 saturated carbocycles. The number of nitrogens with one attached hydrogen (secondary N) is 1. The second-order valence-electron chi connectivity index (χ2n) is 6.17. The molecule has 7 heteroatoms. The lowest BCUT2D eigenvalue weighted by Crippen LogP contribution is -2.38. The maximum Gasteiger partial charge on any atom is 0.194 e. The minimum absolute atomic E-state index is 0.735. The summed E-state index contributed by atoms with van der Waals surface area (Å²) in [7, 11) is 3.83. The first-order valence-electron chi connectivity index (χ1n) is 8.50. The molecule has 1 aromatic carbocycles. The van der Waals surface area contributed by atoms with Gasteiger partial charge >= 0.3 is 0 Å². The van der Waals surface area contributed by atoms with Gasteiger partial charge in [0.15, 0.2) is 5.96 Å². The van der Waals surface area contributed by atoms with Crippen molar-refractivity contribution in [3.63, 3.8) is 0 Å². The molecule has 136 valence electrons. The molecule has 0 radical (unpaired) electrons. The molecule has 3 rings (SSSR count). The molecule has 0 aliphatic rings. The van der Waals surface area contributed by atoms with Gasteiger partial charge in [0.2, 0.25) is 0 Å². The van der Waals surface area contributed by atoms with E-state index >= 15 is 0 Å². The molecule has 6 nitrogen and oxygen atoms in total. The monoisotopic (exact) mass is 368 g/mol. The average Bonchev–Trinajstić information content (AvgIpc) is 3.29. The normalized spacial score (nSPS) is 11.6. The van der Waals surface area contributed by atoms with Crippen LogP contribution in [0.5, 0.6) is 0 Å². The summed E-state index contributed by atoms with van der Waals surface area (Å²) in [5, 5.41) is 6.60. The maximum absolute atomic E-state index is 4.51. The third kappa shape index (κ3) is 4.92. The first kappa shape index (κ1) is 18.1. The summed E-state index contributed by atoms with van der Waals surface area (Å²) in [6.07, 6.45) is 5.60. The van der Waals surface area contributed by atoms with E-state index in [0.717, 1.165) is 36.3 Å². The number of nitrogens with zero attached hydrogens (tertiary/aromatic N) is 5. The van der Waals surface area contributed by atoms with E-state index in [1.165, 1.54) is 11.1 Å². The van der Waals surface area contributed by atoms with Gasteiger partial charge in [0.1, 0.15) is 0 Å². The van der Waals surface area contributed by atoms with Crippen LogP contribution < -0.4 is 5.32 Å². The molecule has 0 fully saturated rings. The molecular formula is C19H24N6S. The van der Waals surface area contributed by atoms with Crippen LogP contribution in [0.15, 0.2) is 53.4 Å². The number of thiazole rings is 1. The zero-order valence-electron chi connectivity index (χ0n) is 15.4. The van der Waals surface area contributed by atoms with Crippen molar-refractivity contribution in [2.45, 2.75) is 26.6 Å². The SMILES string of the molecule is CN=C(NCc1ccc(Cn2ccnc2)cc1)N(C)Cc1csc(C)n1. The van der Waals surface area contributed by atoms with Crippen LogP contribution in [-0.4, -0.2) is 39.5 Å². The predicted octanol–water partition coefficient (Wildman–Crippen LogP) is 2.90. The second-order valence-corrected chi connectivity index (χ2v) is 7.23. The lowest BCUT2D eigenvalue weighted by atomic mass is 10.1. The molecule has 0 spiro atoms. The molecule has 0 saturated heterocycles. The summed E-state index contributed by atoms with van der Waals surface area (Å²) in [6.45, 7) is 4.34. The van der Waals surface area contributed by atoms with Crippen LogP contribution >= 0.6 is 11.3 Å². The number of imidazole rings is 1. The van der Waals surface area contributed by atoms with Gasteiger partial charge in [-0.1, -0.05) is 24.3 Å². The van der Waals surface area contributed by atoms with E-state index in [4.69, 9.17) is 0 Å². The fourth-order valence-electron chi connectivity index (χ4n) is 2.72. The van der Waals surface area contributed by atoms with Crippen LogP contribution in [0.4, 0.5) is 0 Å². The van der Waals surface area contributed by atoms with Crippen molar-refractivity contribution in [3.8, 4) is 0 Å². The van der Waals surface area contributed by atoms with Gasteiger partial charge in [-0.3, -0.25) is 4.99 Å². The number of aliphatic imine (C=N–C) groups is 1. The van der Waals surface area contributed by atoms with Crippen molar-refractivity contribution in [1.29, 1.82) is 0 Å². The molecular weight excluding hydrogens is 344 g/mol. The van der Waals surface area contributed by atoms with Gasteiger partial charge < -0.3 is 14.8 Å². The standard InChI is InChI=1S/C19H24N6S/c1-15-23-18(13-26-15)12-24(3)19(20-2)22-10-16-4-6-17(7-5-16)11-25-9-8-21-14-25/h4-9,13-14H,10-12H2,1-3H3,(H,20,22). The van der Waals surface area contributed by atoms with Crippen molar-refractivity contribution in [2.24, 2.45) is 4.99 Å². The lowest BCUT2D eigenvalue weighted by molar-refractivity contribution is 0.470. The Balaban J connectivity index is 1.53. The summed E-state index contributed by atoms with van der Waals surface area (Å²) < 4.78 is 2.06. The zero-order valence-corrected chi connectivity index (χ0v) is 16.2. The fraction of sp³-hybridized carbons (Fsp3) is 0.316. The largest absolute Gasteiger partial charge is 0.352 e. The Morgan fingerprint density at radius 1 is 1.27 bits per heavy atom. The number of aryl methyl sites for hydroxylation is 1. The van der Waals surface area contributed by atoms with E-state index in [9.17, 15) is 0 Å². The average molecular weight is 369 g/mol. The Hall–Kier alpha value is -2.67. The Kier molecular flexibility index (Phi) is 6.01. The molecule has 0 unspecified atom stereocenters. The molecule has 2 aromatic heterocycles. The number of guanidine groups is 1. The minimum atomic E-state index is 0.735. The number of rotatable bonds is 6. The first-order valence-corrected chi connectivity index (χ1v) is 9.38. The minimum Gasteiger partial charge on any atom is -0.352 e. The highest BCUT2D eigenvalue weighted by atomic mass is 32.1. The first-order chi connectivity index (χ1) is 12.6. The van der Waals surface area contributed by atoms with Gasteiger partial charge in [-0.25, -0.2) is 9.97 Å². The maximum atomic E-state index is 4.51. The van der Waals surface area contributed by atoms with Gasteiger partial charge in [-0.05, 0) is 18.1 Å². The van der Waals surface area contributed by atoms with Gasteiger partial charge in [0.05, 0.1) is 23.6 Å². The van der Waals surface area contributed by atoms with E-state index in [2.05, 4.69) is 59.4 Å². The van der Waals surface area contributed by atoms with Crippen LogP contribution in [0, 0.1) is 6.92 Å². The molecule has 1 N–H and O–H groups in total. The summed E-state index contributed by atoms with van der Waals surface area (Å²) >= 11 is 1.67. The van der Waals surface area contributed by atoms with Crippen molar-refractivity contribution >= 4 is 17.3 Å². The smallest absolute Gasteiger partial charge is 0.194 e. The lowest BCUT2D eigenvalue weighted by Gasteiger charge is -2.21. The van der Waals surface area contributed by atoms with E-state index in [1.54, 1.807) is 24.6 Å². The van der Waals surface area contributed by atoms with E-state index in [-0.39, 0.29) is 0 Å². The second kappa shape index (κ2) is 8.62. The van der Waals surface area contributed by atoms with Gasteiger partial charge in [0.25, 0.3) is 0 Å². The molecule has 0 atom stereocenters.